The monoisotopic (exact) mass is 336 g/mol. The highest BCUT2D eigenvalue weighted by Gasteiger charge is 2.33. The van der Waals surface area contributed by atoms with Crippen molar-refractivity contribution in [1.82, 2.24) is 14.4 Å². The molecule has 1 unspecified atom stereocenters. The van der Waals surface area contributed by atoms with Crippen LogP contribution in [-0.2, 0) is 22.7 Å². The van der Waals surface area contributed by atoms with Crippen LogP contribution in [0.2, 0.25) is 0 Å². The van der Waals surface area contributed by atoms with Crippen molar-refractivity contribution in [2.75, 3.05) is 20.2 Å². The Morgan fingerprint density at radius 1 is 1.57 bits per heavy atom. The first-order valence-electron chi connectivity index (χ1n) is 7.84. The molecule has 2 heterocycles. The molecule has 0 saturated carbocycles. The van der Waals surface area contributed by atoms with Gasteiger partial charge in [0.1, 0.15) is 0 Å². The van der Waals surface area contributed by atoms with Gasteiger partial charge in [0.25, 0.3) is 7.41 Å². The van der Waals surface area contributed by atoms with E-state index in [1.807, 2.05) is 16.4 Å². The summed E-state index contributed by atoms with van der Waals surface area (Å²) in [6, 6.07) is -0.0736. The fraction of sp³-hybridized carbons (Fsp3) is 0.600. The van der Waals surface area contributed by atoms with Crippen LogP contribution in [0.5, 0.6) is 0 Å². The number of carbonyl (C=O) groups is 1. The summed E-state index contributed by atoms with van der Waals surface area (Å²) in [5.41, 5.74) is 0.997. The van der Waals surface area contributed by atoms with Crippen molar-refractivity contribution in [1.29, 1.82) is 0 Å². The van der Waals surface area contributed by atoms with E-state index in [0.717, 1.165) is 36.1 Å². The molecule has 0 aromatic carbocycles. The minimum Gasteiger partial charge on any atom is -0.333 e. The smallest absolute Gasteiger partial charge is 0.307 e. The quantitative estimate of drug-likeness (QED) is 0.296. The summed E-state index contributed by atoms with van der Waals surface area (Å²) < 4.78 is 1.85. The first kappa shape index (κ1) is 18.1. The minimum atomic E-state index is -0.0736. The van der Waals surface area contributed by atoms with Gasteiger partial charge in [-0.1, -0.05) is 30.8 Å². The number of nitrogens with zero attached hydrogens (tertiary/aromatic N) is 3. The molecule has 23 heavy (non-hydrogen) atoms. The maximum absolute atomic E-state index is 12.4. The Kier molecular flexibility index (Phi) is 6.77. The van der Waals surface area contributed by atoms with E-state index in [-0.39, 0.29) is 10.9 Å². The second kappa shape index (κ2) is 8.59. The third-order valence-corrected chi connectivity index (χ3v) is 5.06. The molecule has 1 aromatic rings. The van der Waals surface area contributed by atoms with Crippen molar-refractivity contribution < 1.29 is 9.63 Å². The molecule has 1 radical (unpaired) electrons. The number of hydrogen-bond acceptors (Lipinski definition) is 6. The molecule has 0 amide bonds. The first-order chi connectivity index (χ1) is 11.1. The van der Waals surface area contributed by atoms with Crippen LogP contribution >= 0.6 is 11.3 Å². The number of aromatic nitrogens is 1. The normalized spacial score (nSPS) is 18.0. The SMILES string of the molecule is C=CCON(C)C1CN([B]C=O)Cc2c1sc(=O)n2CCCC. The Morgan fingerprint density at radius 2 is 2.35 bits per heavy atom. The second-order valence-corrected chi connectivity index (χ2v) is 6.54. The Morgan fingerprint density at radius 3 is 3.00 bits per heavy atom. The highest BCUT2D eigenvalue weighted by atomic mass is 32.1. The molecule has 1 aliphatic rings. The maximum atomic E-state index is 12.4. The van der Waals surface area contributed by atoms with Crippen LogP contribution in [-0.4, -0.2) is 48.2 Å². The molecule has 0 aliphatic carbocycles. The van der Waals surface area contributed by atoms with Gasteiger partial charge in [-0.05, 0) is 6.42 Å². The van der Waals surface area contributed by atoms with E-state index in [9.17, 15) is 9.59 Å². The minimum absolute atomic E-state index is 0.0681. The van der Waals surface area contributed by atoms with E-state index in [1.165, 1.54) is 18.8 Å². The van der Waals surface area contributed by atoms with Gasteiger partial charge in [-0.2, -0.15) is 5.06 Å². The third kappa shape index (κ3) is 4.20. The molecule has 8 heteroatoms. The number of unbranched alkanes of at least 4 members (excludes halogenated alkanes) is 1. The molecule has 125 valence electrons. The van der Waals surface area contributed by atoms with Gasteiger partial charge in [0.15, 0.2) is 0 Å². The van der Waals surface area contributed by atoms with Crippen LogP contribution in [0, 0.1) is 0 Å². The molecule has 0 spiro atoms. The summed E-state index contributed by atoms with van der Waals surface area (Å²) in [5, 5.41) is 1.76. The zero-order valence-corrected chi connectivity index (χ0v) is 14.6. The zero-order chi connectivity index (χ0) is 16.8. The lowest BCUT2D eigenvalue weighted by molar-refractivity contribution is -0.162. The Labute approximate surface area is 141 Å². The standard InChI is InChI=1S/C15H23BN3O3S/c1-4-6-7-19-13-10-18(16-11-20)9-12(14(13)23-15(19)21)17(3)22-8-5-2/h5,11-12H,2,4,6-10H2,1,3H3. The Hall–Kier alpha value is -1.22. The number of rotatable bonds is 9. The number of thiazole rings is 1. The van der Waals surface area contributed by atoms with Crippen molar-refractivity contribution in [2.24, 2.45) is 0 Å². The molecule has 0 fully saturated rings. The number of fused-ring (bicyclic) bond motifs is 1. The van der Waals surface area contributed by atoms with Crippen molar-refractivity contribution in [2.45, 2.75) is 38.9 Å². The summed E-state index contributed by atoms with van der Waals surface area (Å²) in [4.78, 5) is 31.9. The lowest BCUT2D eigenvalue weighted by Crippen LogP contribution is -2.43. The lowest BCUT2D eigenvalue weighted by atomic mass is 9.90. The van der Waals surface area contributed by atoms with E-state index in [1.54, 1.807) is 11.1 Å². The predicted octanol–water partition coefficient (Wildman–Crippen LogP) is 1.43. The average molecular weight is 336 g/mol. The van der Waals surface area contributed by atoms with E-state index in [4.69, 9.17) is 4.84 Å². The molecule has 0 N–H and O–H groups in total. The fourth-order valence-electron chi connectivity index (χ4n) is 2.72. The van der Waals surface area contributed by atoms with Crippen LogP contribution < -0.4 is 4.87 Å². The zero-order valence-electron chi connectivity index (χ0n) is 13.7. The number of likely N-dealkylation sites (N-methyl/N-ethyl adjacent to an activating group) is 1. The van der Waals surface area contributed by atoms with E-state index < -0.39 is 0 Å². The summed E-state index contributed by atoms with van der Waals surface area (Å²) in [5.74, 6) is 0. The van der Waals surface area contributed by atoms with Gasteiger partial charge < -0.3 is 14.2 Å². The molecule has 2 rings (SSSR count). The van der Waals surface area contributed by atoms with Crippen molar-refractivity contribution in [3.05, 3.63) is 32.9 Å². The highest BCUT2D eigenvalue weighted by molar-refractivity contribution is 7.09. The van der Waals surface area contributed by atoms with Crippen molar-refractivity contribution in [3.63, 3.8) is 0 Å². The second-order valence-electron chi connectivity index (χ2n) is 5.55. The van der Waals surface area contributed by atoms with Crippen molar-refractivity contribution >= 4 is 24.9 Å². The molecule has 6 nitrogen and oxygen atoms in total. The Bertz CT molecular complexity index is 601. The Balaban J connectivity index is 2.33. The van der Waals surface area contributed by atoms with Gasteiger partial charge in [-0.3, -0.25) is 9.63 Å². The molecule has 0 saturated heterocycles. The molecular formula is C15H23BN3O3S. The predicted molar refractivity (Wildman–Crippen MR) is 93.1 cm³/mol. The number of hydroxylamine groups is 2. The highest BCUT2D eigenvalue weighted by Crippen LogP contribution is 2.32. The fourth-order valence-corrected chi connectivity index (χ4v) is 3.87. The van der Waals surface area contributed by atoms with Crippen LogP contribution in [0.25, 0.3) is 0 Å². The topological polar surface area (TPSA) is 54.8 Å². The maximum Gasteiger partial charge on any atom is 0.307 e. The molecule has 1 aliphatic heterocycles. The molecule has 1 atom stereocenters. The third-order valence-electron chi connectivity index (χ3n) is 3.93. The summed E-state index contributed by atoms with van der Waals surface area (Å²) in [6.07, 6.45) is 4.47. The van der Waals surface area contributed by atoms with Gasteiger partial charge in [0.2, 0.25) is 0 Å². The van der Waals surface area contributed by atoms with Crippen LogP contribution in [0.4, 0.5) is 0 Å². The van der Waals surface area contributed by atoms with Gasteiger partial charge in [-0.15, -0.1) is 6.58 Å². The van der Waals surface area contributed by atoms with Crippen molar-refractivity contribution in [3.8, 4) is 0 Å². The average Bonchev–Trinajstić information content (AvgIpc) is 2.85. The van der Waals surface area contributed by atoms with Gasteiger partial charge >= 0.3 is 4.87 Å². The number of carbonyl (C=O) groups excluding carboxylic acids is 1. The molecule has 0 bridgehead atoms. The lowest BCUT2D eigenvalue weighted by Gasteiger charge is -2.36. The summed E-state index contributed by atoms with van der Waals surface area (Å²) in [6.45, 7) is 8.09. The van der Waals surface area contributed by atoms with Gasteiger partial charge in [0, 0.05) is 32.4 Å². The first-order valence-corrected chi connectivity index (χ1v) is 8.65. The van der Waals surface area contributed by atoms with Gasteiger partial charge in [-0.25, -0.2) is 0 Å². The molecular weight excluding hydrogens is 313 g/mol. The molecule has 1 aromatic heterocycles. The van der Waals surface area contributed by atoms with Crippen LogP contribution in [0.3, 0.4) is 0 Å². The van der Waals surface area contributed by atoms with E-state index >= 15 is 0 Å². The van der Waals surface area contributed by atoms with E-state index in [2.05, 4.69) is 13.5 Å². The van der Waals surface area contributed by atoms with Crippen LogP contribution in [0.1, 0.15) is 36.4 Å². The number of hydrogen-bond donors (Lipinski definition) is 0. The van der Waals surface area contributed by atoms with E-state index in [0.29, 0.717) is 19.7 Å². The van der Waals surface area contributed by atoms with Gasteiger partial charge in [0.05, 0.1) is 23.7 Å². The van der Waals surface area contributed by atoms with Crippen LogP contribution in [0.15, 0.2) is 17.4 Å². The summed E-state index contributed by atoms with van der Waals surface area (Å²) >= 11 is 1.29. The largest absolute Gasteiger partial charge is 0.333 e. The summed E-state index contributed by atoms with van der Waals surface area (Å²) in [7, 11) is 3.38.